The molecule has 19 heavy (non-hydrogen) atoms. The van der Waals surface area contributed by atoms with E-state index in [1.54, 1.807) is 48.5 Å². The van der Waals surface area contributed by atoms with Crippen LogP contribution in [-0.2, 0) is 0 Å². The van der Waals surface area contributed by atoms with Gasteiger partial charge in [-0.1, -0.05) is 70.0 Å². The van der Waals surface area contributed by atoms with E-state index in [9.17, 15) is 9.90 Å². The van der Waals surface area contributed by atoms with Crippen molar-refractivity contribution in [3.8, 4) is 0 Å². The maximum Gasteiger partial charge on any atom is 0.179 e. The van der Waals surface area contributed by atoms with Crippen molar-refractivity contribution < 1.29 is 9.90 Å². The summed E-state index contributed by atoms with van der Waals surface area (Å²) >= 11 is 9.06. The molecule has 0 heterocycles. The van der Waals surface area contributed by atoms with Gasteiger partial charge in [-0.3, -0.25) is 4.79 Å². The molecule has 0 spiro atoms. The SMILES string of the molecule is O=C(c1ccccc1)[C@H](Br)[C@@H](O)c1ccc(Cl)cc1. The van der Waals surface area contributed by atoms with Gasteiger partial charge >= 0.3 is 0 Å². The summed E-state index contributed by atoms with van der Waals surface area (Å²) in [5, 5.41) is 10.8. The third-order valence-corrected chi connectivity index (χ3v) is 3.97. The molecule has 1 N–H and O–H groups in total. The van der Waals surface area contributed by atoms with Gasteiger partial charge in [-0.25, -0.2) is 0 Å². The van der Waals surface area contributed by atoms with Gasteiger partial charge in [-0.2, -0.15) is 0 Å². The van der Waals surface area contributed by atoms with E-state index in [2.05, 4.69) is 15.9 Å². The first-order valence-corrected chi connectivity index (χ1v) is 7.06. The second kappa shape index (κ2) is 6.33. The summed E-state index contributed by atoms with van der Waals surface area (Å²) in [7, 11) is 0. The van der Waals surface area contributed by atoms with Gasteiger partial charge in [0, 0.05) is 10.6 Å². The molecule has 2 rings (SSSR count). The van der Waals surface area contributed by atoms with E-state index in [-0.39, 0.29) is 5.78 Å². The molecule has 2 nitrogen and oxygen atoms in total. The maximum atomic E-state index is 12.2. The van der Waals surface area contributed by atoms with Gasteiger partial charge in [0.05, 0.1) is 6.10 Å². The minimum Gasteiger partial charge on any atom is -0.387 e. The molecule has 0 saturated carbocycles. The highest BCUT2D eigenvalue weighted by molar-refractivity contribution is 9.10. The highest BCUT2D eigenvalue weighted by atomic mass is 79.9. The van der Waals surface area contributed by atoms with Crippen molar-refractivity contribution in [3.05, 3.63) is 70.7 Å². The van der Waals surface area contributed by atoms with Crippen LogP contribution in [0.4, 0.5) is 0 Å². The highest BCUT2D eigenvalue weighted by Crippen LogP contribution is 2.26. The van der Waals surface area contributed by atoms with E-state index in [0.29, 0.717) is 16.1 Å². The average molecular weight is 340 g/mol. The summed E-state index contributed by atoms with van der Waals surface area (Å²) in [6, 6.07) is 15.7. The third-order valence-electron chi connectivity index (χ3n) is 2.80. The number of benzene rings is 2. The number of aliphatic hydroxyl groups excluding tert-OH is 1. The van der Waals surface area contributed by atoms with Crippen molar-refractivity contribution in [2.45, 2.75) is 10.9 Å². The number of carbonyl (C=O) groups excluding carboxylic acids is 1. The Hall–Kier alpha value is -1.16. The number of Topliss-reactive ketones (excluding diaryl/α,β-unsaturated/α-hetero) is 1. The summed E-state index contributed by atoms with van der Waals surface area (Å²) < 4.78 is 0. The Morgan fingerprint density at radius 1 is 1.05 bits per heavy atom. The molecule has 98 valence electrons. The van der Waals surface area contributed by atoms with Crippen LogP contribution in [0.3, 0.4) is 0 Å². The van der Waals surface area contributed by atoms with Gasteiger partial charge in [0.25, 0.3) is 0 Å². The van der Waals surface area contributed by atoms with Crippen molar-refractivity contribution in [1.29, 1.82) is 0 Å². The fourth-order valence-electron chi connectivity index (χ4n) is 1.73. The second-order valence-electron chi connectivity index (χ2n) is 4.13. The number of alkyl halides is 1. The van der Waals surface area contributed by atoms with Crippen molar-refractivity contribution in [1.82, 2.24) is 0 Å². The van der Waals surface area contributed by atoms with Crippen molar-refractivity contribution in [2.24, 2.45) is 0 Å². The van der Waals surface area contributed by atoms with Crippen LogP contribution in [0.2, 0.25) is 5.02 Å². The molecule has 0 fully saturated rings. The molecule has 0 radical (unpaired) electrons. The number of halogens is 2. The first-order valence-electron chi connectivity index (χ1n) is 5.76. The van der Waals surface area contributed by atoms with Crippen LogP contribution in [0.5, 0.6) is 0 Å². The zero-order valence-corrected chi connectivity index (χ0v) is 12.3. The molecule has 0 aliphatic rings. The lowest BCUT2D eigenvalue weighted by Crippen LogP contribution is -2.22. The molecule has 0 bridgehead atoms. The Kier molecular flexibility index (Phi) is 4.75. The molecule has 0 aliphatic heterocycles. The van der Waals surface area contributed by atoms with Crippen molar-refractivity contribution in [3.63, 3.8) is 0 Å². The predicted octanol–water partition coefficient (Wildman–Crippen LogP) is 4.02. The number of carbonyl (C=O) groups is 1. The number of hydrogen-bond donors (Lipinski definition) is 1. The van der Waals surface area contributed by atoms with Gasteiger partial charge in [0.1, 0.15) is 4.83 Å². The summed E-state index contributed by atoms with van der Waals surface area (Å²) in [4.78, 5) is 11.5. The Bertz CT molecular complexity index is 554. The molecule has 0 amide bonds. The first-order chi connectivity index (χ1) is 9.09. The standard InChI is InChI=1S/C15H12BrClO2/c16-13(14(18)10-4-2-1-3-5-10)15(19)11-6-8-12(17)9-7-11/h1-9,13,15,19H/t13-,15-/m0/s1. The molecule has 2 atom stereocenters. The lowest BCUT2D eigenvalue weighted by molar-refractivity contribution is 0.0903. The number of rotatable bonds is 4. The topological polar surface area (TPSA) is 37.3 Å². The van der Waals surface area contributed by atoms with Crippen LogP contribution >= 0.6 is 27.5 Å². The molecule has 2 aromatic rings. The fourth-order valence-corrected chi connectivity index (χ4v) is 2.43. The summed E-state index contributed by atoms with van der Waals surface area (Å²) in [6.07, 6.45) is -0.912. The van der Waals surface area contributed by atoms with Gasteiger partial charge < -0.3 is 5.11 Å². The molecule has 0 aromatic heterocycles. The third kappa shape index (κ3) is 3.44. The van der Waals surface area contributed by atoms with Crippen LogP contribution in [0.25, 0.3) is 0 Å². The minimum atomic E-state index is -0.912. The number of aliphatic hydroxyl groups is 1. The zero-order chi connectivity index (χ0) is 13.8. The van der Waals surface area contributed by atoms with Crippen LogP contribution in [0.1, 0.15) is 22.0 Å². The summed E-state index contributed by atoms with van der Waals surface area (Å²) in [5.41, 5.74) is 1.22. The van der Waals surface area contributed by atoms with Gasteiger partial charge in [-0.15, -0.1) is 0 Å². The lowest BCUT2D eigenvalue weighted by Gasteiger charge is -2.16. The molecular weight excluding hydrogens is 328 g/mol. The molecular formula is C15H12BrClO2. The van der Waals surface area contributed by atoms with Gasteiger partial charge in [0.15, 0.2) is 5.78 Å². The Balaban J connectivity index is 2.17. The molecule has 4 heteroatoms. The molecule has 0 aliphatic carbocycles. The number of hydrogen-bond acceptors (Lipinski definition) is 2. The fraction of sp³-hybridized carbons (Fsp3) is 0.133. The normalized spacial score (nSPS) is 13.8. The first kappa shape index (κ1) is 14.3. The Labute approximate surface area is 125 Å². The Morgan fingerprint density at radius 2 is 1.63 bits per heavy atom. The van der Waals surface area contributed by atoms with Crippen molar-refractivity contribution >= 4 is 33.3 Å². The van der Waals surface area contributed by atoms with Crippen LogP contribution in [0.15, 0.2) is 54.6 Å². The minimum absolute atomic E-state index is 0.150. The molecule has 0 saturated heterocycles. The monoisotopic (exact) mass is 338 g/mol. The smallest absolute Gasteiger partial charge is 0.179 e. The van der Waals surface area contributed by atoms with E-state index in [1.165, 1.54) is 0 Å². The summed E-state index contributed by atoms with van der Waals surface area (Å²) in [5.74, 6) is -0.150. The van der Waals surface area contributed by atoms with E-state index in [4.69, 9.17) is 11.6 Å². The highest BCUT2D eigenvalue weighted by Gasteiger charge is 2.26. The van der Waals surface area contributed by atoms with Crippen LogP contribution in [-0.4, -0.2) is 15.7 Å². The number of ketones is 1. The Morgan fingerprint density at radius 3 is 2.21 bits per heavy atom. The molecule has 0 unspecified atom stereocenters. The van der Waals surface area contributed by atoms with Crippen LogP contribution < -0.4 is 0 Å². The maximum absolute atomic E-state index is 12.2. The predicted molar refractivity (Wildman–Crippen MR) is 79.9 cm³/mol. The van der Waals surface area contributed by atoms with E-state index < -0.39 is 10.9 Å². The van der Waals surface area contributed by atoms with E-state index >= 15 is 0 Å². The quantitative estimate of drug-likeness (QED) is 0.675. The molecule has 2 aromatic carbocycles. The summed E-state index contributed by atoms with van der Waals surface area (Å²) in [6.45, 7) is 0. The van der Waals surface area contributed by atoms with Gasteiger partial charge in [0.2, 0.25) is 0 Å². The zero-order valence-electron chi connectivity index (χ0n) is 9.96. The lowest BCUT2D eigenvalue weighted by atomic mass is 10.0. The average Bonchev–Trinajstić information content (AvgIpc) is 2.46. The van der Waals surface area contributed by atoms with E-state index in [0.717, 1.165) is 0 Å². The van der Waals surface area contributed by atoms with Gasteiger partial charge in [-0.05, 0) is 17.7 Å². The second-order valence-corrected chi connectivity index (χ2v) is 5.55. The van der Waals surface area contributed by atoms with E-state index in [1.807, 2.05) is 6.07 Å². The largest absolute Gasteiger partial charge is 0.387 e. The van der Waals surface area contributed by atoms with Crippen molar-refractivity contribution in [2.75, 3.05) is 0 Å². The van der Waals surface area contributed by atoms with Crippen LogP contribution in [0, 0.1) is 0 Å².